The Hall–Kier alpha value is 0.810. The van der Waals surface area contributed by atoms with Crippen LogP contribution in [-0.4, -0.2) is 25.1 Å². The van der Waals surface area contributed by atoms with Crippen molar-refractivity contribution in [2.24, 2.45) is 40.3 Å². The number of amidine groups is 1. The zero-order valence-corrected chi connectivity index (χ0v) is 19.7. The molecule has 5 rings (SSSR count). The van der Waals surface area contributed by atoms with Gasteiger partial charge in [-0.25, -0.2) is 0 Å². The van der Waals surface area contributed by atoms with Crippen LogP contribution in [0.4, 0.5) is 0 Å². The van der Waals surface area contributed by atoms with E-state index in [1.807, 2.05) is 0 Å². The molecule has 7 atom stereocenters. The Morgan fingerprint density at radius 1 is 1.28 bits per heavy atom. The minimum atomic E-state index is -1.02. The number of nitrogens with one attached hydrogen (secondary N) is 3. The van der Waals surface area contributed by atoms with Crippen LogP contribution in [0.25, 0.3) is 0 Å². The third-order valence-electron chi connectivity index (χ3n) is 7.51. The Morgan fingerprint density at radius 2 is 1.96 bits per heavy atom. The Kier molecular flexibility index (Phi) is 4.22. The van der Waals surface area contributed by atoms with Crippen molar-refractivity contribution in [3.63, 3.8) is 0 Å². The molecule has 0 radical (unpaired) electrons. The van der Waals surface area contributed by atoms with Gasteiger partial charge in [-0.05, 0) is 0 Å². The summed E-state index contributed by atoms with van der Waals surface area (Å²) >= 11 is 1.49. The number of aliphatic imine (C=N–C) groups is 1. The van der Waals surface area contributed by atoms with Crippen LogP contribution in [0.15, 0.2) is 4.99 Å². The Labute approximate surface area is 172 Å². The van der Waals surface area contributed by atoms with E-state index in [2.05, 4.69) is 55.7 Å². The fourth-order valence-corrected chi connectivity index (χ4v) is 13.7. The summed E-state index contributed by atoms with van der Waals surface area (Å²) in [6.07, 6.45) is 7.42. The van der Waals surface area contributed by atoms with Crippen molar-refractivity contribution in [2.45, 2.75) is 72.2 Å². The molecule has 2 heterocycles. The van der Waals surface area contributed by atoms with E-state index in [0.29, 0.717) is 12.0 Å². The average Bonchev–Trinajstić information content (AvgIpc) is 3.18. The van der Waals surface area contributed by atoms with Crippen LogP contribution in [0.5, 0.6) is 0 Å². The van der Waals surface area contributed by atoms with Gasteiger partial charge in [-0.1, -0.05) is 0 Å². The van der Waals surface area contributed by atoms with Crippen LogP contribution in [0.1, 0.15) is 52.9 Å². The van der Waals surface area contributed by atoms with Gasteiger partial charge in [0, 0.05) is 0 Å². The van der Waals surface area contributed by atoms with Gasteiger partial charge in [-0.2, -0.15) is 0 Å². The molecular weight excluding hydrogens is 540 g/mol. The maximum atomic E-state index is 6.53. The summed E-state index contributed by atoms with van der Waals surface area (Å²) in [6, 6.07) is 0.661. The van der Waals surface area contributed by atoms with E-state index in [1.165, 1.54) is 32.1 Å². The number of hydrogen-bond acceptors (Lipinski definition) is 4. The number of nitrogens with zero attached hydrogens (tertiary/aromatic N) is 1. The van der Waals surface area contributed by atoms with Crippen LogP contribution in [0, 0.1) is 29.6 Å². The molecular formula is C18H31I2N5. The monoisotopic (exact) mass is 571 g/mol. The molecule has 7 heteroatoms. The molecule has 5 N–H and O–H groups in total. The van der Waals surface area contributed by atoms with E-state index in [4.69, 9.17) is 10.7 Å². The first kappa shape index (κ1) is 17.9. The van der Waals surface area contributed by atoms with E-state index < -0.39 is 20.4 Å². The molecule has 5 nitrogen and oxygen atoms in total. The standard InChI is InChI=1S/C18H31I2N5/c1-9(2)15(23-16(21)17(3,19)18-20(24-18)25-18)22-14-8-10-7-13(14)12-6-4-5-11(10)12/h9-15,22,24-25H,4-8H2,1-3H3,(H2,21,23). The second-order valence-electron chi connectivity index (χ2n) is 9.26. The van der Waals surface area contributed by atoms with Gasteiger partial charge in [0.1, 0.15) is 0 Å². The van der Waals surface area contributed by atoms with Crippen LogP contribution in [0.2, 0.25) is 0 Å². The molecule has 0 aromatic heterocycles. The summed E-state index contributed by atoms with van der Waals surface area (Å²) in [5, 5.41) is 3.95. The number of fused-ring (bicyclic) bond motifs is 6. The fraction of sp³-hybridized carbons (Fsp3) is 0.944. The van der Waals surface area contributed by atoms with Crippen molar-refractivity contribution in [1.82, 2.24) is 12.4 Å². The summed E-state index contributed by atoms with van der Waals surface area (Å²) in [5.74, 6) is 5.20. The van der Waals surface area contributed by atoms with Gasteiger partial charge in [-0.15, -0.1) is 0 Å². The second kappa shape index (κ2) is 5.90. The van der Waals surface area contributed by atoms with E-state index in [1.54, 1.807) is 0 Å². The van der Waals surface area contributed by atoms with Gasteiger partial charge in [0.2, 0.25) is 0 Å². The van der Waals surface area contributed by atoms with E-state index >= 15 is 0 Å². The molecule has 2 bridgehead atoms. The molecule has 2 aliphatic heterocycles. The van der Waals surface area contributed by atoms with Gasteiger partial charge < -0.3 is 0 Å². The maximum absolute atomic E-state index is 6.53. The van der Waals surface area contributed by atoms with E-state index in [9.17, 15) is 0 Å². The number of alkyl halides is 2. The first-order valence-electron chi connectivity index (χ1n) is 9.87. The quantitative estimate of drug-likeness (QED) is 0.0750. The number of halogens is 2. The summed E-state index contributed by atoms with van der Waals surface area (Å²) in [6.45, 7) is 6.77. The molecule has 142 valence electrons. The number of nitrogens with two attached hydrogens (primary N) is 1. The predicted molar refractivity (Wildman–Crippen MR) is 120 cm³/mol. The molecule has 0 aromatic carbocycles. The van der Waals surface area contributed by atoms with Gasteiger partial charge in [-0.3, -0.25) is 0 Å². The van der Waals surface area contributed by atoms with Crippen molar-refractivity contribution in [3.05, 3.63) is 0 Å². The molecule has 2 saturated heterocycles. The molecule has 0 aromatic rings. The van der Waals surface area contributed by atoms with Gasteiger partial charge >= 0.3 is 174 Å². The van der Waals surface area contributed by atoms with Gasteiger partial charge in [0.15, 0.2) is 0 Å². The van der Waals surface area contributed by atoms with Crippen LogP contribution in [0.3, 0.4) is 0 Å². The van der Waals surface area contributed by atoms with Crippen molar-refractivity contribution < 1.29 is 0 Å². The SMILES string of the molecule is CC(C)C(N=C(N)C(C)(I)C12NI1N2)NC1CC2CC1C1CCCC21. The van der Waals surface area contributed by atoms with E-state index in [0.717, 1.165) is 29.5 Å². The first-order valence-corrected chi connectivity index (χ1v) is 14.2. The zero-order chi connectivity index (χ0) is 17.6. The summed E-state index contributed by atoms with van der Waals surface area (Å²) in [5.41, 5.74) is 6.53. The Morgan fingerprint density at radius 3 is 2.60 bits per heavy atom. The minimum absolute atomic E-state index is 0.102. The molecule has 3 saturated carbocycles. The van der Waals surface area contributed by atoms with Gasteiger partial charge in [0.05, 0.1) is 0 Å². The summed E-state index contributed by atoms with van der Waals surface area (Å²) in [7, 11) is 0. The average molecular weight is 571 g/mol. The molecule has 5 fully saturated rings. The van der Waals surface area contributed by atoms with E-state index in [-0.39, 0.29) is 13.3 Å². The Balaban J connectivity index is 1.30. The third-order valence-corrected chi connectivity index (χ3v) is 14.8. The topological polar surface area (TPSA) is 94.3 Å². The molecule has 3 aliphatic carbocycles. The van der Waals surface area contributed by atoms with Crippen LogP contribution < -0.4 is 18.1 Å². The van der Waals surface area contributed by atoms with Crippen LogP contribution >= 0.6 is 43.0 Å². The zero-order valence-electron chi connectivity index (χ0n) is 15.4. The van der Waals surface area contributed by atoms with Crippen molar-refractivity contribution in [2.75, 3.05) is 0 Å². The number of hydrogen-bond donors (Lipinski definition) is 4. The predicted octanol–water partition coefficient (Wildman–Crippen LogP) is 3.13. The summed E-state index contributed by atoms with van der Waals surface area (Å²) in [4.78, 5) is 5.03. The summed E-state index contributed by atoms with van der Waals surface area (Å²) < 4.78 is 7.28. The number of rotatable bonds is 6. The molecule has 5 aliphatic rings. The normalized spacial score (nSPS) is 45.2. The van der Waals surface area contributed by atoms with Crippen molar-refractivity contribution >= 4 is 48.8 Å². The molecule has 7 unspecified atom stereocenters. The van der Waals surface area contributed by atoms with Gasteiger partial charge in [0.25, 0.3) is 0 Å². The molecule has 0 amide bonds. The van der Waals surface area contributed by atoms with Crippen molar-refractivity contribution in [3.8, 4) is 0 Å². The molecule has 0 spiro atoms. The van der Waals surface area contributed by atoms with Crippen molar-refractivity contribution in [1.29, 1.82) is 0 Å². The Bertz CT molecular complexity index is 600. The third kappa shape index (κ3) is 2.65. The second-order valence-corrected chi connectivity index (χ2v) is 15.7. The van der Waals surface area contributed by atoms with Crippen LogP contribution in [-0.2, 0) is 0 Å². The molecule has 25 heavy (non-hydrogen) atoms. The first-order chi connectivity index (χ1) is 11.8. The fourth-order valence-electron chi connectivity index (χ4n) is 5.88.